The Bertz CT molecular complexity index is 1670. The van der Waals surface area contributed by atoms with E-state index in [4.69, 9.17) is 33.3 Å². The van der Waals surface area contributed by atoms with Gasteiger partial charge in [0, 0.05) is 41.5 Å². The molecular formula is C28H20Cl2F3N5O. The van der Waals surface area contributed by atoms with E-state index in [0.29, 0.717) is 69.1 Å². The van der Waals surface area contributed by atoms with Crippen LogP contribution in [0.4, 0.5) is 19.0 Å². The normalized spacial score (nSPS) is 15.8. The van der Waals surface area contributed by atoms with Crippen LogP contribution in [-0.4, -0.2) is 43.9 Å². The molecule has 1 aliphatic rings. The predicted octanol–water partition coefficient (Wildman–Crippen LogP) is 7.02. The summed E-state index contributed by atoms with van der Waals surface area (Å²) >= 11 is 12.8. The van der Waals surface area contributed by atoms with Gasteiger partial charge >= 0.3 is 6.18 Å². The number of rotatable bonds is 4. The van der Waals surface area contributed by atoms with Gasteiger partial charge in [-0.3, -0.25) is 4.98 Å². The first-order chi connectivity index (χ1) is 18.7. The van der Waals surface area contributed by atoms with E-state index in [1.54, 1.807) is 28.8 Å². The zero-order valence-corrected chi connectivity index (χ0v) is 21.7. The molecule has 6 nitrogen and oxygen atoms in total. The zero-order chi connectivity index (χ0) is 27.3. The second kappa shape index (κ2) is 9.82. The van der Waals surface area contributed by atoms with Crippen molar-refractivity contribution >= 4 is 34.7 Å². The summed E-state index contributed by atoms with van der Waals surface area (Å²) in [6.07, 6.45) is -3.30. The van der Waals surface area contributed by atoms with Crippen molar-refractivity contribution in [1.82, 2.24) is 19.6 Å². The van der Waals surface area contributed by atoms with E-state index >= 15 is 0 Å². The van der Waals surface area contributed by atoms with Gasteiger partial charge in [0.25, 0.3) is 0 Å². The molecule has 0 bridgehead atoms. The van der Waals surface area contributed by atoms with Gasteiger partial charge in [0.1, 0.15) is 17.2 Å². The van der Waals surface area contributed by atoms with Gasteiger partial charge in [-0.2, -0.15) is 18.3 Å². The molecule has 1 saturated heterocycles. The minimum absolute atomic E-state index is 0.385. The van der Waals surface area contributed by atoms with Crippen LogP contribution in [0, 0.1) is 0 Å². The number of aromatic nitrogens is 4. The number of β-amino-alcohol motifs (C(OH)–C–C–N with tert-alkyl or cyclic N) is 1. The number of anilines is 1. The summed E-state index contributed by atoms with van der Waals surface area (Å²) in [5.74, 6) is 0.565. The largest absolute Gasteiger partial charge is 0.433 e. The Labute approximate surface area is 231 Å². The Morgan fingerprint density at radius 3 is 2.33 bits per heavy atom. The molecule has 1 fully saturated rings. The van der Waals surface area contributed by atoms with E-state index in [0.717, 1.165) is 11.6 Å². The van der Waals surface area contributed by atoms with Gasteiger partial charge in [0.2, 0.25) is 0 Å². The van der Waals surface area contributed by atoms with Crippen molar-refractivity contribution in [3.63, 3.8) is 0 Å². The average molecular weight is 570 g/mol. The lowest BCUT2D eigenvalue weighted by molar-refractivity contribution is -0.141. The highest BCUT2D eigenvalue weighted by Gasteiger charge is 2.32. The van der Waals surface area contributed by atoms with E-state index in [1.165, 1.54) is 12.3 Å². The summed E-state index contributed by atoms with van der Waals surface area (Å²) in [5, 5.41) is 16.1. The number of aliphatic hydroxyl groups is 1. The first-order valence-corrected chi connectivity index (χ1v) is 12.9. The zero-order valence-electron chi connectivity index (χ0n) is 20.2. The van der Waals surface area contributed by atoms with Gasteiger partial charge in [-0.05, 0) is 42.3 Å². The van der Waals surface area contributed by atoms with Gasteiger partial charge in [0.05, 0.1) is 22.4 Å². The molecule has 1 unspecified atom stereocenters. The van der Waals surface area contributed by atoms with Crippen LogP contribution in [0.2, 0.25) is 10.0 Å². The summed E-state index contributed by atoms with van der Waals surface area (Å²) in [5.41, 5.74) is 3.09. The molecular weight excluding hydrogens is 550 g/mol. The standard InChI is InChI=1S/C28H20Cl2F3N5O/c29-18-8-5-16(6-9-18)25-26(20-3-1-2-4-21(20)30)36-38-22(17-7-10-23(34-14-17)28(31,32)33)13-24(35-27(25)38)37-12-11-19(39)15-37/h1-10,13-14,19,39H,11-12,15H2. The Hall–Kier alpha value is -3.66. The average Bonchev–Trinajstić information content (AvgIpc) is 3.52. The SMILES string of the molecule is OC1CCN(c2cc(-c3ccc(C(F)(F)F)nc3)n3nc(-c4ccccc4Cl)c(-c4ccc(Cl)cc4)c3n2)C1. The van der Waals surface area contributed by atoms with Crippen LogP contribution in [0.25, 0.3) is 39.3 Å². The Kier molecular flexibility index (Phi) is 6.45. The van der Waals surface area contributed by atoms with Crippen LogP contribution in [0.15, 0.2) is 72.9 Å². The van der Waals surface area contributed by atoms with E-state index in [2.05, 4.69) is 4.98 Å². The molecule has 6 rings (SSSR count). The summed E-state index contributed by atoms with van der Waals surface area (Å²) < 4.78 is 41.3. The van der Waals surface area contributed by atoms with Crippen molar-refractivity contribution in [2.24, 2.45) is 0 Å². The van der Waals surface area contributed by atoms with Gasteiger partial charge in [-0.25, -0.2) is 9.50 Å². The number of hydrogen-bond acceptors (Lipinski definition) is 5. The molecule has 1 N–H and O–H groups in total. The third-order valence-corrected chi connectivity index (χ3v) is 7.26. The van der Waals surface area contributed by atoms with E-state index in [9.17, 15) is 18.3 Å². The smallest absolute Gasteiger partial charge is 0.391 e. The van der Waals surface area contributed by atoms with Crippen molar-refractivity contribution in [1.29, 1.82) is 0 Å². The molecule has 11 heteroatoms. The van der Waals surface area contributed by atoms with Crippen LogP contribution in [-0.2, 0) is 6.18 Å². The lowest BCUT2D eigenvalue weighted by Crippen LogP contribution is -2.22. The summed E-state index contributed by atoms with van der Waals surface area (Å²) in [6.45, 7) is 0.965. The molecule has 0 spiro atoms. The highest BCUT2D eigenvalue weighted by atomic mass is 35.5. The monoisotopic (exact) mass is 569 g/mol. The predicted molar refractivity (Wildman–Crippen MR) is 145 cm³/mol. The topological polar surface area (TPSA) is 66.5 Å². The van der Waals surface area contributed by atoms with Crippen LogP contribution in [0.3, 0.4) is 0 Å². The molecule has 0 radical (unpaired) electrons. The van der Waals surface area contributed by atoms with E-state index in [-0.39, 0.29) is 0 Å². The molecule has 0 saturated carbocycles. The molecule has 39 heavy (non-hydrogen) atoms. The van der Waals surface area contributed by atoms with Crippen molar-refractivity contribution in [3.05, 3.63) is 88.7 Å². The van der Waals surface area contributed by atoms with Crippen LogP contribution < -0.4 is 4.90 Å². The fourth-order valence-corrected chi connectivity index (χ4v) is 5.11. The fraction of sp³-hybridized carbons (Fsp3) is 0.179. The molecule has 1 aliphatic heterocycles. The van der Waals surface area contributed by atoms with E-state index < -0.39 is 18.0 Å². The molecule has 0 amide bonds. The maximum Gasteiger partial charge on any atom is 0.433 e. The lowest BCUT2D eigenvalue weighted by Gasteiger charge is -2.18. The van der Waals surface area contributed by atoms with Gasteiger partial charge in [0.15, 0.2) is 5.65 Å². The Morgan fingerprint density at radius 2 is 1.69 bits per heavy atom. The minimum atomic E-state index is -4.56. The van der Waals surface area contributed by atoms with Gasteiger partial charge in [-0.15, -0.1) is 0 Å². The number of pyridine rings is 1. The van der Waals surface area contributed by atoms with Gasteiger partial charge < -0.3 is 10.0 Å². The molecule has 3 aromatic heterocycles. The third kappa shape index (κ3) is 4.82. The number of fused-ring (bicyclic) bond motifs is 1. The highest BCUT2D eigenvalue weighted by molar-refractivity contribution is 6.33. The second-order valence-corrected chi connectivity index (χ2v) is 10.1. The maximum atomic E-state index is 13.2. The summed E-state index contributed by atoms with van der Waals surface area (Å²) in [6, 6.07) is 18.6. The molecule has 2 aromatic carbocycles. The Morgan fingerprint density at radius 1 is 0.949 bits per heavy atom. The number of halogens is 5. The quantitative estimate of drug-likeness (QED) is 0.252. The first-order valence-electron chi connectivity index (χ1n) is 12.1. The van der Waals surface area contributed by atoms with Crippen LogP contribution in [0.1, 0.15) is 12.1 Å². The fourth-order valence-electron chi connectivity index (χ4n) is 4.76. The van der Waals surface area contributed by atoms with Crippen molar-refractivity contribution in [3.8, 4) is 33.6 Å². The van der Waals surface area contributed by atoms with Crippen molar-refractivity contribution < 1.29 is 18.3 Å². The maximum absolute atomic E-state index is 13.2. The molecule has 4 heterocycles. The van der Waals surface area contributed by atoms with Crippen LogP contribution in [0.5, 0.6) is 0 Å². The molecule has 0 aliphatic carbocycles. The summed E-state index contributed by atoms with van der Waals surface area (Å²) in [4.78, 5) is 10.6. The van der Waals surface area contributed by atoms with Gasteiger partial charge in [-0.1, -0.05) is 53.5 Å². The molecule has 1 atom stereocenters. The highest BCUT2D eigenvalue weighted by Crippen LogP contribution is 2.40. The van der Waals surface area contributed by atoms with Crippen LogP contribution >= 0.6 is 23.2 Å². The summed E-state index contributed by atoms with van der Waals surface area (Å²) in [7, 11) is 0. The number of aliphatic hydroxyl groups excluding tert-OH is 1. The van der Waals surface area contributed by atoms with E-state index in [1.807, 2.05) is 35.2 Å². The van der Waals surface area contributed by atoms with Crippen molar-refractivity contribution in [2.45, 2.75) is 18.7 Å². The number of hydrogen-bond donors (Lipinski definition) is 1. The Balaban J connectivity index is 1.66. The minimum Gasteiger partial charge on any atom is -0.391 e. The third-order valence-electron chi connectivity index (χ3n) is 6.67. The second-order valence-electron chi connectivity index (χ2n) is 9.26. The van der Waals surface area contributed by atoms with Crippen molar-refractivity contribution in [2.75, 3.05) is 18.0 Å². The number of nitrogens with zero attached hydrogens (tertiary/aromatic N) is 5. The molecule has 5 aromatic rings. The number of alkyl halides is 3. The number of benzene rings is 2. The first kappa shape index (κ1) is 25.6. The lowest BCUT2D eigenvalue weighted by atomic mass is 10.0. The molecule has 198 valence electrons.